The summed E-state index contributed by atoms with van der Waals surface area (Å²) in [6.07, 6.45) is 1.46. The number of carboxylic acids is 1. The Morgan fingerprint density at radius 1 is 0.905 bits per heavy atom. The zero-order chi connectivity index (χ0) is 15.1. The molecule has 0 fully saturated rings. The summed E-state index contributed by atoms with van der Waals surface area (Å²) < 4.78 is 0. The number of carbonyl (C=O) groups is 1. The van der Waals surface area contributed by atoms with Gasteiger partial charge in [0.25, 0.3) is 0 Å². The van der Waals surface area contributed by atoms with E-state index in [2.05, 4.69) is 0 Å². The van der Waals surface area contributed by atoms with Gasteiger partial charge in [-0.1, -0.05) is 60.7 Å². The molecular weight excluding hydrogens is 262 g/mol. The van der Waals surface area contributed by atoms with Crippen molar-refractivity contribution >= 4 is 5.97 Å². The third-order valence-electron chi connectivity index (χ3n) is 3.85. The van der Waals surface area contributed by atoms with Crippen LogP contribution in [0.4, 0.5) is 0 Å². The molecule has 0 amide bonds. The Morgan fingerprint density at radius 2 is 1.33 bits per heavy atom. The summed E-state index contributed by atoms with van der Waals surface area (Å²) in [7, 11) is 0. The van der Waals surface area contributed by atoms with Gasteiger partial charge in [-0.25, -0.2) is 0 Å². The third-order valence-corrected chi connectivity index (χ3v) is 3.85. The molecule has 0 saturated carbocycles. The molecule has 0 spiro atoms. The van der Waals surface area contributed by atoms with Crippen LogP contribution in [0.3, 0.4) is 0 Å². The molecule has 0 aliphatic rings. The SMILES string of the molecule is NCCC(Cc1ccccc1)(Cc1ccccc1)C(=O)O. The molecule has 2 aromatic rings. The molecule has 2 rings (SSSR count). The molecular formula is C18H21NO2. The topological polar surface area (TPSA) is 63.3 Å². The summed E-state index contributed by atoms with van der Waals surface area (Å²) in [6, 6.07) is 19.5. The second-order valence-corrected chi connectivity index (χ2v) is 5.45. The summed E-state index contributed by atoms with van der Waals surface area (Å²) in [5.74, 6) is -0.777. The van der Waals surface area contributed by atoms with Gasteiger partial charge in [0, 0.05) is 0 Å². The molecule has 0 unspecified atom stereocenters. The van der Waals surface area contributed by atoms with E-state index in [0.717, 1.165) is 11.1 Å². The average molecular weight is 283 g/mol. The lowest BCUT2D eigenvalue weighted by Gasteiger charge is -2.29. The van der Waals surface area contributed by atoms with E-state index in [-0.39, 0.29) is 0 Å². The first-order valence-corrected chi connectivity index (χ1v) is 7.18. The number of hydrogen-bond acceptors (Lipinski definition) is 2. The van der Waals surface area contributed by atoms with Gasteiger partial charge in [-0.3, -0.25) is 4.79 Å². The van der Waals surface area contributed by atoms with Crippen LogP contribution in [0.5, 0.6) is 0 Å². The lowest BCUT2D eigenvalue weighted by molar-refractivity contribution is -0.149. The van der Waals surface area contributed by atoms with Gasteiger partial charge in [-0.2, -0.15) is 0 Å². The van der Waals surface area contributed by atoms with Crippen LogP contribution in [0.1, 0.15) is 17.5 Å². The van der Waals surface area contributed by atoms with Gasteiger partial charge < -0.3 is 10.8 Å². The highest BCUT2D eigenvalue weighted by atomic mass is 16.4. The summed E-state index contributed by atoms with van der Waals surface area (Å²) in [4.78, 5) is 12.0. The van der Waals surface area contributed by atoms with Crippen LogP contribution in [-0.4, -0.2) is 17.6 Å². The van der Waals surface area contributed by atoms with E-state index in [0.29, 0.717) is 25.8 Å². The number of carboxylic acid groups (broad SMARTS) is 1. The lowest BCUT2D eigenvalue weighted by atomic mass is 9.74. The molecule has 0 radical (unpaired) electrons. The standard InChI is InChI=1S/C18H21NO2/c19-12-11-18(17(20)21,13-15-7-3-1-4-8-15)14-16-9-5-2-6-10-16/h1-10H,11-14,19H2,(H,20,21). The average Bonchev–Trinajstić information content (AvgIpc) is 2.49. The first kappa shape index (κ1) is 15.3. The molecule has 3 heteroatoms. The highest BCUT2D eigenvalue weighted by Gasteiger charge is 2.38. The number of rotatable bonds is 7. The molecule has 0 aromatic heterocycles. The molecule has 110 valence electrons. The second-order valence-electron chi connectivity index (χ2n) is 5.45. The molecule has 0 heterocycles. The van der Waals surface area contributed by atoms with Crippen molar-refractivity contribution in [1.29, 1.82) is 0 Å². The minimum atomic E-state index is -0.850. The predicted octanol–water partition coefficient (Wildman–Crippen LogP) is 2.89. The number of benzene rings is 2. The van der Waals surface area contributed by atoms with E-state index in [4.69, 9.17) is 5.73 Å². The van der Waals surface area contributed by atoms with Gasteiger partial charge in [0.15, 0.2) is 0 Å². The Morgan fingerprint density at radius 3 is 1.67 bits per heavy atom. The quantitative estimate of drug-likeness (QED) is 0.821. The van der Waals surface area contributed by atoms with E-state index in [1.165, 1.54) is 0 Å². The fraction of sp³-hybridized carbons (Fsp3) is 0.278. The van der Waals surface area contributed by atoms with Crippen molar-refractivity contribution in [1.82, 2.24) is 0 Å². The summed E-state index contributed by atoms with van der Waals surface area (Å²) >= 11 is 0. The van der Waals surface area contributed by atoms with Crippen LogP contribution < -0.4 is 5.73 Å². The van der Waals surface area contributed by atoms with Crippen LogP contribution in [0.25, 0.3) is 0 Å². The van der Waals surface area contributed by atoms with E-state index < -0.39 is 11.4 Å². The van der Waals surface area contributed by atoms with Crippen molar-refractivity contribution in [3.8, 4) is 0 Å². The van der Waals surface area contributed by atoms with Gasteiger partial charge in [-0.15, -0.1) is 0 Å². The molecule has 3 N–H and O–H groups in total. The van der Waals surface area contributed by atoms with Crippen molar-refractivity contribution in [2.24, 2.45) is 11.1 Å². The molecule has 0 bridgehead atoms. The monoisotopic (exact) mass is 283 g/mol. The first-order valence-electron chi connectivity index (χ1n) is 7.18. The Labute approximate surface area is 125 Å². The maximum absolute atomic E-state index is 12.0. The van der Waals surface area contributed by atoms with Gasteiger partial charge in [0.1, 0.15) is 0 Å². The maximum atomic E-state index is 12.0. The second kappa shape index (κ2) is 7.04. The van der Waals surface area contributed by atoms with E-state index in [9.17, 15) is 9.90 Å². The third kappa shape index (κ3) is 3.92. The molecule has 2 aromatic carbocycles. The van der Waals surface area contributed by atoms with Crippen LogP contribution in [0, 0.1) is 5.41 Å². The number of hydrogen-bond donors (Lipinski definition) is 2. The smallest absolute Gasteiger partial charge is 0.310 e. The summed E-state index contributed by atoms with van der Waals surface area (Å²) in [5.41, 5.74) is 6.91. The van der Waals surface area contributed by atoms with Gasteiger partial charge in [0.05, 0.1) is 5.41 Å². The van der Waals surface area contributed by atoms with Gasteiger partial charge in [0.2, 0.25) is 0 Å². The van der Waals surface area contributed by atoms with E-state index in [1.54, 1.807) is 0 Å². The van der Waals surface area contributed by atoms with Crippen molar-refractivity contribution in [3.05, 3.63) is 71.8 Å². The highest BCUT2D eigenvalue weighted by molar-refractivity contribution is 5.75. The minimum Gasteiger partial charge on any atom is -0.481 e. The van der Waals surface area contributed by atoms with Crippen molar-refractivity contribution in [3.63, 3.8) is 0 Å². The normalized spacial score (nSPS) is 11.3. The van der Waals surface area contributed by atoms with Crippen molar-refractivity contribution in [2.75, 3.05) is 6.54 Å². The van der Waals surface area contributed by atoms with Gasteiger partial charge in [-0.05, 0) is 36.9 Å². The zero-order valence-electron chi connectivity index (χ0n) is 12.0. The Kier molecular flexibility index (Phi) is 5.12. The molecule has 3 nitrogen and oxygen atoms in total. The van der Waals surface area contributed by atoms with Crippen LogP contribution in [-0.2, 0) is 17.6 Å². The van der Waals surface area contributed by atoms with Crippen LogP contribution in [0.2, 0.25) is 0 Å². The highest BCUT2D eigenvalue weighted by Crippen LogP contribution is 2.32. The molecule has 0 aliphatic heterocycles. The first-order chi connectivity index (χ1) is 10.2. The van der Waals surface area contributed by atoms with E-state index >= 15 is 0 Å². The molecule has 0 saturated heterocycles. The van der Waals surface area contributed by atoms with Crippen molar-refractivity contribution in [2.45, 2.75) is 19.3 Å². The zero-order valence-corrected chi connectivity index (χ0v) is 12.0. The lowest BCUT2D eigenvalue weighted by Crippen LogP contribution is -2.37. The fourth-order valence-corrected chi connectivity index (χ4v) is 2.75. The summed E-state index contributed by atoms with van der Waals surface area (Å²) in [6.45, 7) is 0.367. The Bertz CT molecular complexity index is 525. The Hall–Kier alpha value is -2.13. The molecule has 0 aliphatic carbocycles. The van der Waals surface area contributed by atoms with Crippen LogP contribution in [0.15, 0.2) is 60.7 Å². The minimum absolute atomic E-state index is 0.367. The number of aliphatic carboxylic acids is 1. The summed E-state index contributed by atoms with van der Waals surface area (Å²) in [5, 5.41) is 9.82. The van der Waals surface area contributed by atoms with Crippen LogP contribution >= 0.6 is 0 Å². The van der Waals surface area contributed by atoms with E-state index in [1.807, 2.05) is 60.7 Å². The van der Waals surface area contributed by atoms with Gasteiger partial charge >= 0.3 is 5.97 Å². The number of nitrogens with two attached hydrogens (primary N) is 1. The van der Waals surface area contributed by atoms with Crippen molar-refractivity contribution < 1.29 is 9.90 Å². The predicted molar refractivity (Wildman–Crippen MR) is 84.0 cm³/mol. The fourth-order valence-electron chi connectivity index (χ4n) is 2.75. The molecule has 0 atom stereocenters. The molecule has 21 heavy (non-hydrogen) atoms. The largest absolute Gasteiger partial charge is 0.481 e. The maximum Gasteiger partial charge on any atom is 0.310 e. The Balaban J connectivity index is 2.31.